The van der Waals surface area contributed by atoms with Gasteiger partial charge in [0, 0.05) is 13.1 Å². The van der Waals surface area contributed by atoms with Crippen LogP contribution >= 0.6 is 23.2 Å². The molecule has 0 aliphatic carbocycles. The third-order valence-electron chi connectivity index (χ3n) is 2.97. The predicted molar refractivity (Wildman–Crippen MR) is 77.5 cm³/mol. The van der Waals surface area contributed by atoms with Crippen molar-refractivity contribution in [2.24, 2.45) is 0 Å². The van der Waals surface area contributed by atoms with Crippen LogP contribution in [0.1, 0.15) is 6.92 Å². The van der Waals surface area contributed by atoms with Gasteiger partial charge in [0.1, 0.15) is 11.6 Å². The summed E-state index contributed by atoms with van der Waals surface area (Å²) in [6, 6.07) is 1.54. The van der Waals surface area contributed by atoms with E-state index in [1.165, 1.54) is 0 Å². The monoisotopic (exact) mass is 305 g/mol. The van der Waals surface area contributed by atoms with E-state index < -0.39 is 0 Å². The van der Waals surface area contributed by atoms with Crippen molar-refractivity contribution in [2.75, 3.05) is 43.1 Å². The van der Waals surface area contributed by atoms with Crippen molar-refractivity contribution >= 4 is 34.8 Å². The van der Waals surface area contributed by atoms with Crippen molar-refractivity contribution in [3.05, 3.63) is 16.1 Å². The summed E-state index contributed by atoms with van der Waals surface area (Å²) in [5, 5.41) is 13.5. The highest BCUT2D eigenvalue weighted by Crippen LogP contribution is 2.32. The Bertz CT molecular complexity index is 445. The van der Waals surface area contributed by atoms with Gasteiger partial charge in [-0.15, -0.1) is 0 Å². The number of rotatable bonds is 4. The Morgan fingerprint density at radius 1 is 1.53 bits per heavy atom. The minimum Gasteiger partial charge on any atom is -0.394 e. The van der Waals surface area contributed by atoms with Crippen LogP contribution in [0.2, 0.25) is 10.0 Å². The Balaban J connectivity index is 2.34. The second-order valence-corrected chi connectivity index (χ2v) is 5.07. The molecule has 19 heavy (non-hydrogen) atoms. The zero-order valence-corrected chi connectivity index (χ0v) is 12.2. The maximum Gasteiger partial charge on any atom is 0.150 e. The molecule has 1 atom stereocenters. The first-order valence-electron chi connectivity index (χ1n) is 6.22. The SMILES string of the molecule is CCNc1nc(N2CCOCC2CO)c(Cl)cc1Cl. The molecule has 2 heterocycles. The van der Waals surface area contributed by atoms with Crippen LogP contribution in [0.5, 0.6) is 0 Å². The van der Waals surface area contributed by atoms with Gasteiger partial charge < -0.3 is 20.1 Å². The number of pyridine rings is 1. The number of aromatic nitrogens is 1. The van der Waals surface area contributed by atoms with E-state index in [0.717, 1.165) is 6.54 Å². The Morgan fingerprint density at radius 3 is 3.00 bits per heavy atom. The number of aliphatic hydroxyl groups is 1. The summed E-state index contributed by atoms with van der Waals surface area (Å²) in [6.45, 7) is 4.39. The first-order chi connectivity index (χ1) is 9.17. The molecule has 2 N–H and O–H groups in total. The first kappa shape index (κ1) is 14.7. The van der Waals surface area contributed by atoms with E-state index in [9.17, 15) is 5.11 Å². The highest BCUT2D eigenvalue weighted by Gasteiger charge is 2.26. The van der Waals surface area contributed by atoms with Gasteiger partial charge in [-0.1, -0.05) is 23.2 Å². The lowest BCUT2D eigenvalue weighted by molar-refractivity contribution is 0.0723. The van der Waals surface area contributed by atoms with Crippen LogP contribution in [0.3, 0.4) is 0 Å². The summed E-state index contributed by atoms with van der Waals surface area (Å²) in [6.07, 6.45) is 0. The molecule has 0 amide bonds. The average molecular weight is 306 g/mol. The molecular formula is C12H17Cl2N3O2. The third-order valence-corrected chi connectivity index (χ3v) is 3.53. The van der Waals surface area contributed by atoms with Gasteiger partial charge in [0.2, 0.25) is 0 Å². The van der Waals surface area contributed by atoms with Gasteiger partial charge in [-0.25, -0.2) is 4.98 Å². The average Bonchev–Trinajstić information content (AvgIpc) is 2.42. The molecule has 1 aromatic heterocycles. The number of anilines is 2. The number of aliphatic hydroxyl groups excluding tert-OH is 1. The summed E-state index contributed by atoms with van der Waals surface area (Å²) in [5.74, 6) is 1.23. The quantitative estimate of drug-likeness (QED) is 0.891. The second-order valence-electron chi connectivity index (χ2n) is 4.26. The molecule has 0 saturated carbocycles. The Labute approximate surface area is 122 Å². The maximum atomic E-state index is 9.41. The molecule has 0 radical (unpaired) electrons. The highest BCUT2D eigenvalue weighted by molar-refractivity contribution is 6.37. The summed E-state index contributed by atoms with van der Waals surface area (Å²) >= 11 is 12.3. The topological polar surface area (TPSA) is 57.6 Å². The molecule has 1 aromatic rings. The Hall–Kier alpha value is -0.750. The zero-order valence-electron chi connectivity index (χ0n) is 10.7. The third kappa shape index (κ3) is 3.23. The molecule has 7 heteroatoms. The second kappa shape index (κ2) is 6.61. The number of nitrogens with one attached hydrogen (secondary N) is 1. The van der Waals surface area contributed by atoms with Gasteiger partial charge in [0.15, 0.2) is 0 Å². The lowest BCUT2D eigenvalue weighted by atomic mass is 10.2. The Kier molecular flexibility index (Phi) is 5.10. The van der Waals surface area contributed by atoms with E-state index in [1.54, 1.807) is 6.07 Å². The van der Waals surface area contributed by atoms with Crippen molar-refractivity contribution in [1.82, 2.24) is 4.98 Å². The van der Waals surface area contributed by atoms with E-state index in [-0.39, 0.29) is 12.6 Å². The first-order valence-corrected chi connectivity index (χ1v) is 6.98. The van der Waals surface area contributed by atoms with Crippen molar-refractivity contribution in [1.29, 1.82) is 0 Å². The summed E-state index contributed by atoms with van der Waals surface area (Å²) in [4.78, 5) is 6.43. The van der Waals surface area contributed by atoms with Gasteiger partial charge in [0.05, 0.1) is 35.9 Å². The maximum absolute atomic E-state index is 9.41. The number of morpholine rings is 1. The van der Waals surface area contributed by atoms with E-state index in [1.807, 2.05) is 11.8 Å². The minimum atomic E-state index is -0.130. The summed E-state index contributed by atoms with van der Waals surface area (Å²) in [5.41, 5.74) is 0. The van der Waals surface area contributed by atoms with Crippen LogP contribution in [-0.2, 0) is 4.74 Å². The van der Waals surface area contributed by atoms with Crippen LogP contribution in [0.25, 0.3) is 0 Å². The molecule has 1 aliphatic rings. The van der Waals surface area contributed by atoms with Gasteiger partial charge >= 0.3 is 0 Å². The lowest BCUT2D eigenvalue weighted by Crippen LogP contribution is -2.48. The molecule has 1 saturated heterocycles. The fraction of sp³-hybridized carbons (Fsp3) is 0.583. The smallest absolute Gasteiger partial charge is 0.150 e. The molecule has 2 rings (SSSR count). The molecule has 106 valence electrons. The molecule has 0 aromatic carbocycles. The molecular weight excluding hydrogens is 289 g/mol. The summed E-state index contributed by atoms with van der Waals surface area (Å²) < 4.78 is 5.35. The van der Waals surface area contributed by atoms with Gasteiger partial charge in [-0.05, 0) is 13.0 Å². The molecule has 0 spiro atoms. The highest BCUT2D eigenvalue weighted by atomic mass is 35.5. The van der Waals surface area contributed by atoms with Crippen molar-refractivity contribution < 1.29 is 9.84 Å². The largest absolute Gasteiger partial charge is 0.394 e. The van der Waals surface area contributed by atoms with Crippen molar-refractivity contribution in [3.8, 4) is 0 Å². The van der Waals surface area contributed by atoms with Gasteiger partial charge in [0.25, 0.3) is 0 Å². The molecule has 1 unspecified atom stereocenters. The fourth-order valence-electron chi connectivity index (χ4n) is 2.03. The number of hydrogen-bond acceptors (Lipinski definition) is 5. The van der Waals surface area contributed by atoms with E-state index >= 15 is 0 Å². The normalized spacial score (nSPS) is 19.6. The van der Waals surface area contributed by atoms with Crippen LogP contribution in [0, 0.1) is 0 Å². The number of nitrogens with zero attached hydrogens (tertiary/aromatic N) is 2. The van der Waals surface area contributed by atoms with E-state index in [0.29, 0.717) is 41.4 Å². The fourth-order valence-corrected chi connectivity index (χ4v) is 2.57. The van der Waals surface area contributed by atoms with E-state index in [2.05, 4.69) is 10.3 Å². The number of halogens is 2. The number of hydrogen-bond donors (Lipinski definition) is 2. The Morgan fingerprint density at radius 2 is 2.32 bits per heavy atom. The van der Waals surface area contributed by atoms with Gasteiger partial charge in [-0.3, -0.25) is 0 Å². The minimum absolute atomic E-state index is 0.00280. The predicted octanol–water partition coefficient (Wildman–Crippen LogP) is 2.02. The van der Waals surface area contributed by atoms with Crippen molar-refractivity contribution in [2.45, 2.75) is 13.0 Å². The lowest BCUT2D eigenvalue weighted by Gasteiger charge is -2.36. The molecule has 1 fully saturated rings. The van der Waals surface area contributed by atoms with Crippen LogP contribution in [0.4, 0.5) is 11.6 Å². The van der Waals surface area contributed by atoms with Crippen LogP contribution in [-0.4, -0.2) is 49.0 Å². The number of ether oxygens (including phenoxy) is 1. The van der Waals surface area contributed by atoms with E-state index in [4.69, 9.17) is 27.9 Å². The van der Waals surface area contributed by atoms with Crippen LogP contribution < -0.4 is 10.2 Å². The van der Waals surface area contributed by atoms with Crippen LogP contribution in [0.15, 0.2) is 6.07 Å². The molecule has 5 nitrogen and oxygen atoms in total. The zero-order chi connectivity index (χ0) is 13.8. The molecule has 0 bridgehead atoms. The van der Waals surface area contributed by atoms with Crippen molar-refractivity contribution in [3.63, 3.8) is 0 Å². The van der Waals surface area contributed by atoms with Gasteiger partial charge in [-0.2, -0.15) is 0 Å². The summed E-state index contributed by atoms with van der Waals surface area (Å²) in [7, 11) is 0. The molecule has 1 aliphatic heterocycles. The standard InChI is InChI=1S/C12H17Cl2N3O2/c1-2-15-11-9(13)5-10(14)12(16-11)17-3-4-19-7-8(17)6-18/h5,8,18H,2-4,6-7H2,1H3,(H,15,16).